The van der Waals surface area contributed by atoms with E-state index in [1.807, 2.05) is 0 Å². The van der Waals surface area contributed by atoms with Gasteiger partial charge in [-0.25, -0.2) is 4.79 Å². The van der Waals surface area contributed by atoms with Gasteiger partial charge in [-0.05, 0) is 6.07 Å². The van der Waals surface area contributed by atoms with Crippen molar-refractivity contribution in [2.24, 2.45) is 5.16 Å². The standard InChI is InChI=1S/C8H5NO4/c10-8-6(3-9-11)5-1-2-12-4-7(5)13-8/h1-4,11H/b9-3+. The third-order valence-electron chi connectivity index (χ3n) is 1.65. The van der Waals surface area contributed by atoms with Crippen LogP contribution in [0.2, 0.25) is 0 Å². The molecule has 5 heteroatoms. The maximum atomic E-state index is 11.1. The van der Waals surface area contributed by atoms with E-state index < -0.39 is 5.63 Å². The molecular weight excluding hydrogens is 174 g/mol. The second-order valence-corrected chi connectivity index (χ2v) is 2.38. The van der Waals surface area contributed by atoms with E-state index in [1.54, 1.807) is 6.07 Å². The topological polar surface area (TPSA) is 75.9 Å². The van der Waals surface area contributed by atoms with Gasteiger partial charge in [0, 0.05) is 5.56 Å². The molecule has 0 fully saturated rings. The summed E-state index contributed by atoms with van der Waals surface area (Å²) < 4.78 is 9.60. The molecule has 66 valence electrons. The van der Waals surface area contributed by atoms with Gasteiger partial charge >= 0.3 is 5.63 Å². The Morgan fingerprint density at radius 2 is 2.38 bits per heavy atom. The predicted octanol–water partition coefficient (Wildman–Crippen LogP) is 1.15. The number of rotatable bonds is 1. The fourth-order valence-corrected chi connectivity index (χ4v) is 1.10. The SMILES string of the molecule is O=c1oc2coccc-2c1/C=N/O. The second-order valence-electron chi connectivity index (χ2n) is 2.38. The summed E-state index contributed by atoms with van der Waals surface area (Å²) in [6.07, 6.45) is 3.76. The molecule has 0 saturated heterocycles. The number of fused-ring (bicyclic) bond motifs is 1. The first-order chi connectivity index (χ1) is 6.33. The summed E-state index contributed by atoms with van der Waals surface area (Å²) in [6.45, 7) is 0. The highest BCUT2D eigenvalue weighted by atomic mass is 16.4. The van der Waals surface area contributed by atoms with Gasteiger partial charge in [-0.1, -0.05) is 5.16 Å². The summed E-state index contributed by atoms with van der Waals surface area (Å²) in [5.74, 6) is 0.336. The van der Waals surface area contributed by atoms with Gasteiger partial charge in [-0.2, -0.15) is 0 Å². The Labute approximate surface area is 72.2 Å². The minimum absolute atomic E-state index is 0.216. The van der Waals surface area contributed by atoms with E-state index in [2.05, 4.69) is 5.16 Å². The van der Waals surface area contributed by atoms with Crippen LogP contribution in [-0.2, 0) is 0 Å². The first-order valence-corrected chi connectivity index (χ1v) is 3.49. The van der Waals surface area contributed by atoms with Crippen LogP contribution in [0.5, 0.6) is 0 Å². The third-order valence-corrected chi connectivity index (χ3v) is 1.65. The first kappa shape index (κ1) is 7.60. The van der Waals surface area contributed by atoms with Crippen molar-refractivity contribution in [3.63, 3.8) is 0 Å². The highest BCUT2D eigenvalue weighted by Crippen LogP contribution is 2.22. The first-order valence-electron chi connectivity index (χ1n) is 3.49. The number of hydrogen-bond donors (Lipinski definition) is 1. The maximum Gasteiger partial charge on any atom is 0.346 e. The lowest BCUT2D eigenvalue weighted by Crippen LogP contribution is -1.99. The van der Waals surface area contributed by atoms with Crippen molar-refractivity contribution in [2.75, 3.05) is 0 Å². The van der Waals surface area contributed by atoms with Crippen molar-refractivity contribution in [1.29, 1.82) is 0 Å². The Morgan fingerprint density at radius 1 is 1.54 bits per heavy atom. The van der Waals surface area contributed by atoms with Crippen molar-refractivity contribution >= 4 is 6.21 Å². The molecule has 5 nitrogen and oxygen atoms in total. The zero-order valence-electron chi connectivity index (χ0n) is 6.43. The average molecular weight is 179 g/mol. The minimum atomic E-state index is -0.547. The maximum absolute atomic E-state index is 11.1. The van der Waals surface area contributed by atoms with E-state index in [9.17, 15) is 4.79 Å². The molecule has 2 aliphatic rings. The van der Waals surface area contributed by atoms with Crippen molar-refractivity contribution in [1.82, 2.24) is 0 Å². The van der Waals surface area contributed by atoms with E-state index in [4.69, 9.17) is 14.0 Å². The zero-order valence-corrected chi connectivity index (χ0v) is 6.43. The van der Waals surface area contributed by atoms with Crippen LogP contribution in [0.25, 0.3) is 11.3 Å². The summed E-state index contributed by atoms with van der Waals surface area (Å²) >= 11 is 0. The molecular formula is C8H5NO4. The van der Waals surface area contributed by atoms with Crippen LogP contribution in [0.3, 0.4) is 0 Å². The van der Waals surface area contributed by atoms with Crippen LogP contribution in [-0.4, -0.2) is 11.4 Å². The van der Waals surface area contributed by atoms with Crippen molar-refractivity contribution in [2.45, 2.75) is 0 Å². The van der Waals surface area contributed by atoms with E-state index in [0.29, 0.717) is 11.3 Å². The Bertz CT molecular complexity index is 467. The monoisotopic (exact) mass is 179 g/mol. The summed E-state index contributed by atoms with van der Waals surface area (Å²) in [4.78, 5) is 11.1. The van der Waals surface area contributed by atoms with Crippen LogP contribution in [0.15, 0.2) is 37.4 Å². The fourth-order valence-electron chi connectivity index (χ4n) is 1.10. The quantitative estimate of drug-likeness (QED) is 0.404. The molecule has 0 unspecified atom stereocenters. The number of hydrogen-bond acceptors (Lipinski definition) is 5. The lowest BCUT2D eigenvalue weighted by molar-refractivity contribution is 0.321. The lowest BCUT2D eigenvalue weighted by Gasteiger charge is -1.91. The van der Waals surface area contributed by atoms with Gasteiger partial charge in [0.05, 0.1) is 18.0 Å². The largest absolute Gasteiger partial charge is 0.469 e. The highest BCUT2D eigenvalue weighted by Gasteiger charge is 2.15. The second kappa shape index (κ2) is 2.78. The number of oxime groups is 1. The molecule has 0 aromatic heterocycles. The number of furan rings is 1. The van der Waals surface area contributed by atoms with Crippen LogP contribution < -0.4 is 5.63 Å². The zero-order chi connectivity index (χ0) is 9.26. The molecule has 2 heterocycles. The van der Waals surface area contributed by atoms with Crippen LogP contribution in [0.4, 0.5) is 0 Å². The van der Waals surface area contributed by atoms with E-state index in [-0.39, 0.29) is 5.56 Å². The summed E-state index contributed by atoms with van der Waals surface area (Å²) in [6, 6.07) is 1.57. The van der Waals surface area contributed by atoms with E-state index in [0.717, 1.165) is 6.21 Å². The summed E-state index contributed by atoms with van der Waals surface area (Å²) in [5, 5.41) is 11.1. The average Bonchev–Trinajstić information content (AvgIpc) is 2.44. The molecule has 13 heavy (non-hydrogen) atoms. The normalized spacial score (nSPS) is 11.4. The van der Waals surface area contributed by atoms with E-state index >= 15 is 0 Å². The minimum Gasteiger partial charge on any atom is -0.469 e. The third kappa shape index (κ3) is 1.10. The highest BCUT2D eigenvalue weighted by molar-refractivity contribution is 5.88. The molecule has 0 saturated carbocycles. The molecule has 1 N–H and O–H groups in total. The van der Waals surface area contributed by atoms with Gasteiger partial charge in [0.25, 0.3) is 0 Å². The van der Waals surface area contributed by atoms with Crippen LogP contribution in [0.1, 0.15) is 5.56 Å². The van der Waals surface area contributed by atoms with Gasteiger partial charge < -0.3 is 14.0 Å². The Balaban J connectivity index is 2.77. The molecule has 0 atom stereocenters. The number of nitrogens with zero attached hydrogens (tertiary/aromatic N) is 1. The van der Waals surface area contributed by atoms with Gasteiger partial charge in [0.15, 0.2) is 5.76 Å². The molecule has 0 aromatic rings. The van der Waals surface area contributed by atoms with Crippen LogP contribution >= 0.6 is 0 Å². The molecule has 0 aliphatic carbocycles. The Hall–Kier alpha value is -2.04. The van der Waals surface area contributed by atoms with E-state index in [1.165, 1.54) is 12.5 Å². The lowest BCUT2D eigenvalue weighted by atomic mass is 10.1. The molecule has 2 rings (SSSR count). The molecule has 2 aliphatic heterocycles. The van der Waals surface area contributed by atoms with Crippen molar-refractivity contribution < 1.29 is 14.0 Å². The van der Waals surface area contributed by atoms with Gasteiger partial charge in [-0.3, -0.25) is 0 Å². The summed E-state index contributed by atoms with van der Waals surface area (Å²) in [7, 11) is 0. The van der Waals surface area contributed by atoms with Gasteiger partial charge in [0.2, 0.25) is 0 Å². The summed E-state index contributed by atoms with van der Waals surface area (Å²) in [5.41, 5.74) is 0.233. The molecule has 0 radical (unpaired) electrons. The Morgan fingerprint density at radius 3 is 3.15 bits per heavy atom. The fraction of sp³-hybridized carbons (Fsp3) is 0. The van der Waals surface area contributed by atoms with Gasteiger partial charge in [-0.15, -0.1) is 0 Å². The van der Waals surface area contributed by atoms with Crippen molar-refractivity contribution in [3.05, 3.63) is 34.6 Å². The molecule has 0 amide bonds. The smallest absolute Gasteiger partial charge is 0.346 e. The predicted molar refractivity (Wildman–Crippen MR) is 43.2 cm³/mol. The molecule has 0 spiro atoms. The van der Waals surface area contributed by atoms with Crippen molar-refractivity contribution in [3.8, 4) is 11.3 Å². The van der Waals surface area contributed by atoms with Gasteiger partial charge in [0.1, 0.15) is 6.26 Å². The molecule has 0 aromatic carbocycles. The van der Waals surface area contributed by atoms with Crippen LogP contribution in [0, 0.1) is 0 Å². The Kier molecular flexibility index (Phi) is 1.63. The molecule has 0 bridgehead atoms.